The van der Waals surface area contributed by atoms with Crippen LogP contribution < -0.4 is 11.1 Å². The molecule has 2 aromatic rings. The van der Waals surface area contributed by atoms with Gasteiger partial charge in [0.05, 0.1) is 11.5 Å². The van der Waals surface area contributed by atoms with Crippen LogP contribution in [-0.4, -0.2) is 18.0 Å². The number of hydrogen-bond acceptors (Lipinski definition) is 3. The fourth-order valence-corrected chi connectivity index (χ4v) is 3.15. The topological polar surface area (TPSA) is 68.3 Å². The summed E-state index contributed by atoms with van der Waals surface area (Å²) in [6.45, 7) is 2.39. The van der Waals surface area contributed by atoms with Gasteiger partial charge in [-0.25, -0.2) is 0 Å². The Hall–Kier alpha value is -1.52. The van der Waals surface area contributed by atoms with Gasteiger partial charge in [-0.2, -0.15) is 0 Å². The molecule has 120 valence electrons. The molecule has 1 heterocycles. The van der Waals surface area contributed by atoms with Crippen molar-refractivity contribution in [2.24, 2.45) is 5.73 Å². The monoisotopic (exact) mass is 322 g/mol. The average molecular weight is 323 g/mol. The standard InChI is InChI=1S/C17H22N2O2.ClH/c1-12(15-10-13-6-2-3-7-14(13)21-15)16(20)19-17(11-18)8-4-5-9-17;/h2-3,6-7,10,12H,4-5,8-9,11,18H2,1H3,(H,19,20);1H. The quantitative estimate of drug-likeness (QED) is 0.907. The van der Waals surface area contributed by atoms with Crippen LogP contribution in [0.15, 0.2) is 34.7 Å². The Bertz CT molecular complexity index is 614. The fraction of sp³-hybridized carbons (Fsp3) is 0.471. The highest BCUT2D eigenvalue weighted by Gasteiger charge is 2.35. The van der Waals surface area contributed by atoms with Crippen LogP contribution in [0.5, 0.6) is 0 Å². The molecule has 1 atom stereocenters. The van der Waals surface area contributed by atoms with E-state index in [9.17, 15) is 4.79 Å². The third-order valence-corrected chi connectivity index (χ3v) is 4.60. The Morgan fingerprint density at radius 2 is 2.05 bits per heavy atom. The molecule has 0 aliphatic heterocycles. The van der Waals surface area contributed by atoms with Crippen molar-refractivity contribution in [1.29, 1.82) is 0 Å². The number of furan rings is 1. The van der Waals surface area contributed by atoms with E-state index in [0.29, 0.717) is 12.3 Å². The molecule has 0 saturated heterocycles. The van der Waals surface area contributed by atoms with Crippen LogP contribution in [0.4, 0.5) is 0 Å². The second kappa shape index (κ2) is 6.71. The summed E-state index contributed by atoms with van der Waals surface area (Å²) in [6.07, 6.45) is 4.22. The predicted molar refractivity (Wildman–Crippen MR) is 90.3 cm³/mol. The lowest BCUT2D eigenvalue weighted by molar-refractivity contribution is -0.124. The molecule has 1 aliphatic carbocycles. The van der Waals surface area contributed by atoms with Crippen molar-refractivity contribution in [3.63, 3.8) is 0 Å². The van der Waals surface area contributed by atoms with E-state index in [1.54, 1.807) is 0 Å². The van der Waals surface area contributed by atoms with E-state index in [4.69, 9.17) is 10.2 Å². The first-order chi connectivity index (χ1) is 10.1. The minimum atomic E-state index is -0.304. The normalized spacial score (nSPS) is 17.9. The number of rotatable bonds is 4. The van der Waals surface area contributed by atoms with Gasteiger partial charge < -0.3 is 15.5 Å². The minimum absolute atomic E-state index is 0. The van der Waals surface area contributed by atoms with E-state index in [2.05, 4.69) is 5.32 Å². The van der Waals surface area contributed by atoms with Crippen LogP contribution in [0.2, 0.25) is 0 Å². The Balaban J connectivity index is 0.00000176. The van der Waals surface area contributed by atoms with Crippen LogP contribution in [0, 0.1) is 0 Å². The molecule has 3 rings (SSSR count). The summed E-state index contributed by atoms with van der Waals surface area (Å²) in [5.41, 5.74) is 6.49. The van der Waals surface area contributed by atoms with Gasteiger partial charge in [0.2, 0.25) is 5.91 Å². The van der Waals surface area contributed by atoms with Crippen molar-refractivity contribution in [3.8, 4) is 0 Å². The van der Waals surface area contributed by atoms with Crippen LogP contribution in [0.3, 0.4) is 0 Å². The molecule has 1 aromatic carbocycles. The van der Waals surface area contributed by atoms with Crippen molar-refractivity contribution >= 4 is 29.3 Å². The molecular formula is C17H23ClN2O2. The highest BCUT2D eigenvalue weighted by atomic mass is 35.5. The number of fused-ring (bicyclic) bond motifs is 1. The van der Waals surface area contributed by atoms with Gasteiger partial charge >= 0.3 is 0 Å². The molecule has 1 aromatic heterocycles. The van der Waals surface area contributed by atoms with Crippen LogP contribution in [0.25, 0.3) is 11.0 Å². The van der Waals surface area contributed by atoms with Crippen LogP contribution >= 0.6 is 12.4 Å². The number of halogens is 1. The Labute approximate surface area is 136 Å². The third-order valence-electron chi connectivity index (χ3n) is 4.60. The van der Waals surface area contributed by atoms with Gasteiger partial charge in [-0.05, 0) is 31.9 Å². The number of para-hydroxylation sites is 1. The summed E-state index contributed by atoms with van der Waals surface area (Å²) in [4.78, 5) is 12.5. The number of carbonyl (C=O) groups excluding carboxylic acids is 1. The van der Waals surface area contributed by atoms with Crippen molar-refractivity contribution in [2.75, 3.05) is 6.54 Å². The van der Waals surface area contributed by atoms with E-state index >= 15 is 0 Å². The second-order valence-electron chi connectivity index (χ2n) is 6.09. The molecule has 1 unspecified atom stereocenters. The first kappa shape index (κ1) is 16.8. The van der Waals surface area contributed by atoms with Gasteiger partial charge in [-0.3, -0.25) is 4.79 Å². The van der Waals surface area contributed by atoms with E-state index in [1.807, 2.05) is 37.3 Å². The molecule has 0 spiro atoms. The largest absolute Gasteiger partial charge is 0.460 e. The number of carbonyl (C=O) groups is 1. The lowest BCUT2D eigenvalue weighted by atomic mass is 9.96. The lowest BCUT2D eigenvalue weighted by Crippen LogP contribution is -2.52. The van der Waals surface area contributed by atoms with Gasteiger partial charge in [0.25, 0.3) is 0 Å². The molecule has 0 radical (unpaired) electrons. The van der Waals surface area contributed by atoms with Crippen molar-refractivity contribution in [1.82, 2.24) is 5.32 Å². The zero-order valence-electron chi connectivity index (χ0n) is 12.8. The molecule has 0 bridgehead atoms. The summed E-state index contributed by atoms with van der Waals surface area (Å²) in [5.74, 6) is 0.404. The van der Waals surface area contributed by atoms with E-state index < -0.39 is 0 Å². The predicted octanol–water partition coefficient (Wildman–Crippen LogP) is 3.35. The minimum Gasteiger partial charge on any atom is -0.460 e. The number of amides is 1. The summed E-state index contributed by atoms with van der Waals surface area (Å²) in [7, 11) is 0. The maximum Gasteiger partial charge on any atom is 0.230 e. The van der Waals surface area contributed by atoms with Crippen LogP contribution in [0.1, 0.15) is 44.3 Å². The van der Waals surface area contributed by atoms with Crippen molar-refractivity contribution in [3.05, 3.63) is 36.1 Å². The van der Waals surface area contributed by atoms with Gasteiger partial charge in [0.15, 0.2) is 0 Å². The maximum absolute atomic E-state index is 12.5. The first-order valence-electron chi connectivity index (χ1n) is 7.64. The van der Waals surface area contributed by atoms with E-state index in [1.165, 1.54) is 0 Å². The van der Waals surface area contributed by atoms with Crippen molar-refractivity contribution in [2.45, 2.75) is 44.1 Å². The zero-order chi connectivity index (χ0) is 14.9. The molecule has 1 saturated carbocycles. The molecule has 1 aliphatic rings. The zero-order valence-corrected chi connectivity index (χ0v) is 13.6. The number of hydrogen-bond donors (Lipinski definition) is 2. The average Bonchev–Trinajstić information content (AvgIpc) is 3.13. The number of nitrogens with two attached hydrogens (primary N) is 1. The van der Waals surface area contributed by atoms with Gasteiger partial charge in [0.1, 0.15) is 11.3 Å². The Morgan fingerprint density at radius 3 is 2.68 bits per heavy atom. The highest BCUT2D eigenvalue weighted by Crippen LogP contribution is 2.30. The smallest absolute Gasteiger partial charge is 0.230 e. The number of benzene rings is 1. The molecule has 22 heavy (non-hydrogen) atoms. The first-order valence-corrected chi connectivity index (χ1v) is 7.64. The van der Waals surface area contributed by atoms with Crippen LogP contribution in [-0.2, 0) is 4.79 Å². The van der Waals surface area contributed by atoms with E-state index in [-0.39, 0.29) is 29.8 Å². The second-order valence-corrected chi connectivity index (χ2v) is 6.09. The maximum atomic E-state index is 12.5. The SMILES string of the molecule is CC(C(=O)NC1(CN)CCCC1)c1cc2ccccc2o1.Cl. The molecule has 4 nitrogen and oxygen atoms in total. The Morgan fingerprint density at radius 1 is 1.36 bits per heavy atom. The Kier molecular flexibility index (Phi) is 5.14. The van der Waals surface area contributed by atoms with Gasteiger partial charge in [-0.15, -0.1) is 12.4 Å². The van der Waals surface area contributed by atoms with Crippen molar-refractivity contribution < 1.29 is 9.21 Å². The molecule has 1 fully saturated rings. The molecule has 1 amide bonds. The molecular weight excluding hydrogens is 300 g/mol. The lowest BCUT2D eigenvalue weighted by Gasteiger charge is -2.29. The summed E-state index contributed by atoms with van der Waals surface area (Å²) >= 11 is 0. The summed E-state index contributed by atoms with van der Waals surface area (Å²) in [5, 5.41) is 4.19. The van der Waals surface area contributed by atoms with Gasteiger partial charge in [-0.1, -0.05) is 31.0 Å². The summed E-state index contributed by atoms with van der Waals surface area (Å²) < 4.78 is 5.79. The highest BCUT2D eigenvalue weighted by molar-refractivity contribution is 5.86. The van der Waals surface area contributed by atoms with Gasteiger partial charge in [0, 0.05) is 11.9 Å². The molecule has 5 heteroatoms. The molecule has 3 N–H and O–H groups in total. The number of nitrogens with one attached hydrogen (secondary N) is 1. The third kappa shape index (κ3) is 3.13. The van der Waals surface area contributed by atoms with E-state index in [0.717, 1.165) is 36.7 Å². The fourth-order valence-electron chi connectivity index (χ4n) is 3.15. The summed E-state index contributed by atoms with van der Waals surface area (Å²) in [6, 6.07) is 9.76.